The zero-order valence-corrected chi connectivity index (χ0v) is 12.5. The van der Waals surface area contributed by atoms with Crippen molar-refractivity contribution >= 4 is 11.5 Å². The minimum atomic E-state index is -0.324. The summed E-state index contributed by atoms with van der Waals surface area (Å²) in [7, 11) is 0. The number of aromatic nitrogens is 2. The Labute approximate surface area is 118 Å². The summed E-state index contributed by atoms with van der Waals surface area (Å²) in [6, 6.07) is 0.197. The lowest BCUT2D eigenvalue weighted by Crippen LogP contribution is -2.31. The standard InChI is InChI=1S/C13H23N5O2/c1-8(2)17-13(12(18(19)20)10(4)15-17)16-6-5-11(7-16)9(3)14/h8-9,11H,5-7,14H2,1-4H3. The summed E-state index contributed by atoms with van der Waals surface area (Å²) in [5.74, 6) is 1.01. The average molecular weight is 281 g/mol. The zero-order valence-electron chi connectivity index (χ0n) is 12.5. The van der Waals surface area contributed by atoms with Gasteiger partial charge in [-0.05, 0) is 40.0 Å². The minimum absolute atomic E-state index is 0.0896. The van der Waals surface area contributed by atoms with Crippen molar-refractivity contribution in [1.29, 1.82) is 0 Å². The van der Waals surface area contributed by atoms with Crippen molar-refractivity contribution in [2.75, 3.05) is 18.0 Å². The van der Waals surface area contributed by atoms with Gasteiger partial charge in [0.1, 0.15) is 5.69 Å². The van der Waals surface area contributed by atoms with Crippen LogP contribution in [-0.2, 0) is 0 Å². The molecule has 7 heteroatoms. The number of nitrogens with zero attached hydrogens (tertiary/aromatic N) is 4. The van der Waals surface area contributed by atoms with E-state index < -0.39 is 0 Å². The van der Waals surface area contributed by atoms with E-state index in [0.717, 1.165) is 19.5 Å². The quantitative estimate of drug-likeness (QED) is 0.672. The van der Waals surface area contributed by atoms with Gasteiger partial charge in [0.25, 0.3) is 0 Å². The maximum Gasteiger partial charge on any atom is 0.333 e. The number of hydrogen-bond acceptors (Lipinski definition) is 5. The second-order valence-corrected chi connectivity index (χ2v) is 5.91. The van der Waals surface area contributed by atoms with E-state index in [1.165, 1.54) is 0 Å². The van der Waals surface area contributed by atoms with Crippen LogP contribution in [0, 0.1) is 23.0 Å². The van der Waals surface area contributed by atoms with Crippen molar-refractivity contribution < 1.29 is 4.92 Å². The van der Waals surface area contributed by atoms with Crippen molar-refractivity contribution in [3.8, 4) is 0 Å². The first-order valence-corrected chi connectivity index (χ1v) is 7.07. The lowest BCUT2D eigenvalue weighted by atomic mass is 10.0. The second kappa shape index (κ2) is 5.40. The van der Waals surface area contributed by atoms with E-state index in [4.69, 9.17) is 5.73 Å². The van der Waals surface area contributed by atoms with Crippen molar-refractivity contribution in [3.63, 3.8) is 0 Å². The van der Waals surface area contributed by atoms with Gasteiger partial charge in [-0.1, -0.05) is 0 Å². The number of hydrogen-bond donors (Lipinski definition) is 1. The number of nitro groups is 1. The van der Waals surface area contributed by atoms with Crippen LogP contribution in [0.25, 0.3) is 0 Å². The Bertz CT molecular complexity index is 509. The fraction of sp³-hybridized carbons (Fsp3) is 0.769. The molecule has 0 amide bonds. The molecule has 2 rings (SSSR count). The third kappa shape index (κ3) is 2.49. The highest BCUT2D eigenvalue weighted by Gasteiger charge is 2.35. The predicted molar refractivity (Wildman–Crippen MR) is 78.0 cm³/mol. The van der Waals surface area contributed by atoms with Crippen LogP contribution in [-0.4, -0.2) is 33.8 Å². The summed E-state index contributed by atoms with van der Waals surface area (Å²) in [5, 5.41) is 15.7. The Kier molecular flexibility index (Phi) is 3.99. The SMILES string of the molecule is Cc1nn(C(C)C)c(N2CCC(C(C)N)C2)c1[N+](=O)[O-]. The summed E-state index contributed by atoms with van der Waals surface area (Å²) >= 11 is 0. The monoisotopic (exact) mass is 281 g/mol. The molecule has 1 saturated heterocycles. The molecule has 0 spiro atoms. The number of aryl methyl sites for hydroxylation is 1. The van der Waals surface area contributed by atoms with Gasteiger partial charge in [0.15, 0.2) is 0 Å². The van der Waals surface area contributed by atoms with Crippen LogP contribution in [0.1, 0.15) is 38.9 Å². The van der Waals surface area contributed by atoms with Gasteiger partial charge >= 0.3 is 5.69 Å². The maximum absolute atomic E-state index is 11.4. The van der Waals surface area contributed by atoms with Crippen molar-refractivity contribution in [3.05, 3.63) is 15.8 Å². The largest absolute Gasteiger partial charge is 0.351 e. The first-order valence-electron chi connectivity index (χ1n) is 7.07. The first-order chi connectivity index (χ1) is 9.32. The molecule has 7 nitrogen and oxygen atoms in total. The Morgan fingerprint density at radius 1 is 1.45 bits per heavy atom. The van der Waals surface area contributed by atoms with Crippen molar-refractivity contribution in [1.82, 2.24) is 9.78 Å². The van der Waals surface area contributed by atoms with Crippen LogP contribution < -0.4 is 10.6 Å². The van der Waals surface area contributed by atoms with E-state index in [0.29, 0.717) is 17.4 Å². The number of rotatable bonds is 4. The highest BCUT2D eigenvalue weighted by atomic mass is 16.6. The predicted octanol–water partition coefficient (Wildman–Crippen LogP) is 1.85. The van der Waals surface area contributed by atoms with Crippen LogP contribution in [0.2, 0.25) is 0 Å². The summed E-state index contributed by atoms with van der Waals surface area (Å²) in [6.07, 6.45) is 0.969. The van der Waals surface area contributed by atoms with E-state index in [9.17, 15) is 10.1 Å². The summed E-state index contributed by atoms with van der Waals surface area (Å²) in [5.41, 5.74) is 6.56. The highest BCUT2D eigenvalue weighted by molar-refractivity contribution is 5.62. The molecule has 0 radical (unpaired) electrons. The average Bonchev–Trinajstić information content (AvgIpc) is 2.91. The molecule has 0 aliphatic carbocycles. The Morgan fingerprint density at radius 2 is 2.10 bits per heavy atom. The summed E-state index contributed by atoms with van der Waals surface area (Å²) in [6.45, 7) is 9.21. The second-order valence-electron chi connectivity index (χ2n) is 5.91. The topological polar surface area (TPSA) is 90.2 Å². The zero-order chi connectivity index (χ0) is 15.0. The molecule has 1 aliphatic heterocycles. The van der Waals surface area contributed by atoms with Crippen LogP contribution in [0.5, 0.6) is 0 Å². The van der Waals surface area contributed by atoms with Gasteiger partial charge in [-0.3, -0.25) is 10.1 Å². The van der Waals surface area contributed by atoms with E-state index in [-0.39, 0.29) is 22.7 Å². The van der Waals surface area contributed by atoms with Gasteiger partial charge in [-0.15, -0.1) is 0 Å². The molecule has 0 bridgehead atoms. The molecule has 2 heterocycles. The Morgan fingerprint density at radius 3 is 2.55 bits per heavy atom. The van der Waals surface area contributed by atoms with Gasteiger partial charge in [0, 0.05) is 25.2 Å². The molecule has 1 aliphatic rings. The molecule has 1 aromatic heterocycles. The van der Waals surface area contributed by atoms with E-state index >= 15 is 0 Å². The Hall–Kier alpha value is -1.63. The van der Waals surface area contributed by atoms with E-state index in [1.54, 1.807) is 11.6 Å². The van der Waals surface area contributed by atoms with Gasteiger partial charge in [0.2, 0.25) is 5.82 Å². The van der Waals surface area contributed by atoms with E-state index in [1.807, 2.05) is 20.8 Å². The summed E-state index contributed by atoms with van der Waals surface area (Å²) in [4.78, 5) is 13.1. The third-order valence-electron chi connectivity index (χ3n) is 3.97. The van der Waals surface area contributed by atoms with Gasteiger partial charge in [0.05, 0.1) is 4.92 Å². The lowest BCUT2D eigenvalue weighted by Gasteiger charge is -2.21. The molecule has 112 valence electrons. The molecule has 20 heavy (non-hydrogen) atoms. The highest BCUT2D eigenvalue weighted by Crippen LogP contribution is 2.36. The maximum atomic E-state index is 11.4. The van der Waals surface area contributed by atoms with Gasteiger partial charge < -0.3 is 10.6 Å². The number of nitrogens with two attached hydrogens (primary N) is 1. The van der Waals surface area contributed by atoms with Crippen molar-refractivity contribution in [2.45, 2.75) is 46.2 Å². The van der Waals surface area contributed by atoms with Gasteiger partial charge in [-0.2, -0.15) is 5.10 Å². The fourth-order valence-corrected chi connectivity index (χ4v) is 2.80. The van der Waals surface area contributed by atoms with E-state index in [2.05, 4.69) is 10.00 Å². The molecule has 2 atom stereocenters. The van der Waals surface area contributed by atoms with Crippen molar-refractivity contribution in [2.24, 2.45) is 11.7 Å². The van der Waals surface area contributed by atoms with Crippen LogP contribution in [0.15, 0.2) is 0 Å². The molecule has 0 aromatic carbocycles. The van der Waals surface area contributed by atoms with Crippen LogP contribution >= 0.6 is 0 Å². The van der Waals surface area contributed by atoms with Crippen LogP contribution in [0.3, 0.4) is 0 Å². The smallest absolute Gasteiger partial charge is 0.333 e. The molecule has 2 unspecified atom stereocenters. The summed E-state index contributed by atoms with van der Waals surface area (Å²) < 4.78 is 1.76. The van der Waals surface area contributed by atoms with Gasteiger partial charge in [-0.25, -0.2) is 4.68 Å². The molecule has 2 N–H and O–H groups in total. The molecule has 1 aromatic rings. The first kappa shape index (κ1) is 14.8. The van der Waals surface area contributed by atoms with Crippen LogP contribution in [0.4, 0.5) is 11.5 Å². The minimum Gasteiger partial charge on any atom is -0.351 e. The molecule has 1 fully saturated rings. The third-order valence-corrected chi connectivity index (χ3v) is 3.97. The fourth-order valence-electron chi connectivity index (χ4n) is 2.80. The number of anilines is 1. The Balaban J connectivity index is 2.42. The molecular formula is C13H23N5O2. The lowest BCUT2D eigenvalue weighted by molar-refractivity contribution is -0.384. The molecular weight excluding hydrogens is 258 g/mol. The normalized spacial score (nSPS) is 20.7. The molecule has 0 saturated carbocycles.